The number of methoxy groups -OCH3 is 1. The van der Waals surface area contributed by atoms with Gasteiger partial charge in [-0.25, -0.2) is 4.79 Å². The Balaban J connectivity index is 2.62. The Kier molecular flexibility index (Phi) is 3.63. The molecular weight excluding hydrogens is 272 g/mol. The lowest BCUT2D eigenvalue weighted by Crippen LogP contribution is -2.19. The highest BCUT2D eigenvalue weighted by Crippen LogP contribution is 2.29. The Labute approximate surface area is 120 Å². The number of nitrogens with one attached hydrogen (secondary N) is 1. The van der Waals surface area contributed by atoms with Gasteiger partial charge in [-0.1, -0.05) is 0 Å². The third-order valence-electron chi connectivity index (χ3n) is 3.09. The van der Waals surface area contributed by atoms with Crippen molar-refractivity contribution < 1.29 is 4.74 Å². The molecule has 0 fully saturated rings. The van der Waals surface area contributed by atoms with Gasteiger partial charge in [-0.3, -0.25) is 14.6 Å². The molecule has 0 radical (unpaired) electrons. The van der Waals surface area contributed by atoms with E-state index in [0.29, 0.717) is 22.5 Å². The topological polar surface area (TPSA) is 108 Å². The van der Waals surface area contributed by atoms with Crippen LogP contribution in [0.25, 0.3) is 11.0 Å². The van der Waals surface area contributed by atoms with Crippen molar-refractivity contribution in [3.63, 3.8) is 0 Å². The van der Waals surface area contributed by atoms with Gasteiger partial charge < -0.3 is 4.74 Å². The third kappa shape index (κ3) is 2.30. The van der Waals surface area contributed by atoms with Crippen LogP contribution < -0.4 is 15.9 Å². The second-order valence-electron chi connectivity index (χ2n) is 4.24. The lowest BCUT2D eigenvalue weighted by molar-refractivity contribution is 0.417. The zero-order valence-corrected chi connectivity index (χ0v) is 11.7. The number of nitriles is 2. The summed E-state index contributed by atoms with van der Waals surface area (Å²) in [7, 11) is 4.80. The highest BCUT2D eigenvalue weighted by Gasteiger charge is 2.12. The first-order chi connectivity index (χ1) is 10.0. The molecule has 1 aromatic carbocycles. The summed E-state index contributed by atoms with van der Waals surface area (Å²) in [5.74, 6) is 0.447. The summed E-state index contributed by atoms with van der Waals surface area (Å²) in [6.07, 6.45) is 0. The molecule has 0 aliphatic rings. The van der Waals surface area contributed by atoms with E-state index < -0.39 is 0 Å². The molecule has 2 aromatic rings. The summed E-state index contributed by atoms with van der Waals surface area (Å²) in [6, 6.07) is 6.65. The fourth-order valence-corrected chi connectivity index (χ4v) is 1.97. The van der Waals surface area contributed by atoms with E-state index in [-0.39, 0.29) is 11.4 Å². The van der Waals surface area contributed by atoms with Crippen LogP contribution in [0, 0.1) is 22.7 Å². The maximum Gasteiger partial charge on any atom is 0.328 e. The first-order valence-corrected chi connectivity index (χ1v) is 5.90. The molecule has 0 aliphatic heterocycles. The lowest BCUT2D eigenvalue weighted by Gasteiger charge is -2.08. The largest absolute Gasteiger partial charge is 0.494 e. The molecule has 1 heterocycles. The number of aromatic nitrogens is 2. The number of imidazole rings is 1. The van der Waals surface area contributed by atoms with Crippen molar-refractivity contribution in [3.05, 3.63) is 22.6 Å². The summed E-state index contributed by atoms with van der Waals surface area (Å²) in [4.78, 5) is 11.9. The molecule has 2 rings (SSSR count). The third-order valence-corrected chi connectivity index (χ3v) is 3.09. The van der Waals surface area contributed by atoms with Crippen LogP contribution in [-0.2, 0) is 14.1 Å². The van der Waals surface area contributed by atoms with Crippen LogP contribution in [0.1, 0.15) is 0 Å². The summed E-state index contributed by atoms with van der Waals surface area (Å²) in [5.41, 5.74) is 3.97. The Morgan fingerprint density at radius 1 is 1.24 bits per heavy atom. The number of hydrazone groups is 1. The Bertz CT molecular complexity index is 859. The number of aryl methyl sites for hydroxylation is 2. The van der Waals surface area contributed by atoms with Gasteiger partial charge in [0.1, 0.15) is 23.6 Å². The van der Waals surface area contributed by atoms with Crippen LogP contribution in [0.4, 0.5) is 5.69 Å². The lowest BCUT2D eigenvalue weighted by atomic mass is 10.2. The Morgan fingerprint density at radius 2 is 1.81 bits per heavy atom. The minimum absolute atomic E-state index is 0.164. The minimum Gasteiger partial charge on any atom is -0.494 e. The predicted molar refractivity (Wildman–Crippen MR) is 77.0 cm³/mol. The van der Waals surface area contributed by atoms with Crippen LogP contribution in [0.15, 0.2) is 22.0 Å². The number of anilines is 1. The maximum atomic E-state index is 11.9. The summed E-state index contributed by atoms with van der Waals surface area (Å²) < 4.78 is 8.22. The number of benzene rings is 1. The van der Waals surface area contributed by atoms with Crippen molar-refractivity contribution in [2.75, 3.05) is 12.5 Å². The minimum atomic E-state index is -0.306. The Hall–Kier alpha value is -3.26. The van der Waals surface area contributed by atoms with Crippen molar-refractivity contribution in [3.8, 4) is 17.9 Å². The van der Waals surface area contributed by atoms with Gasteiger partial charge in [0.25, 0.3) is 0 Å². The van der Waals surface area contributed by atoms with Crippen molar-refractivity contribution in [2.24, 2.45) is 19.2 Å². The quantitative estimate of drug-likeness (QED) is 0.659. The van der Waals surface area contributed by atoms with E-state index in [0.717, 1.165) is 0 Å². The second-order valence-corrected chi connectivity index (χ2v) is 4.24. The maximum absolute atomic E-state index is 11.9. The van der Waals surface area contributed by atoms with E-state index in [9.17, 15) is 4.79 Å². The van der Waals surface area contributed by atoms with Crippen LogP contribution in [-0.4, -0.2) is 22.0 Å². The second kappa shape index (κ2) is 5.39. The van der Waals surface area contributed by atoms with Crippen LogP contribution in [0.3, 0.4) is 0 Å². The Morgan fingerprint density at radius 3 is 2.33 bits per heavy atom. The zero-order valence-electron chi connectivity index (χ0n) is 11.7. The fourth-order valence-electron chi connectivity index (χ4n) is 1.97. The predicted octanol–water partition coefficient (Wildman–Crippen LogP) is 0.701. The molecule has 1 aromatic heterocycles. The SMILES string of the molecule is COc1cc2c(cc1NN=C(C#N)C#N)n(C)c(=O)n2C. The van der Waals surface area contributed by atoms with Gasteiger partial charge in [0, 0.05) is 20.2 Å². The standard InChI is InChI=1S/C13H12N6O2/c1-18-10-4-9(17-16-8(6-14)7-15)12(21-3)5-11(10)19(2)13(18)20/h4-5,17H,1-3H3. The normalized spacial score (nSPS) is 9.76. The van der Waals surface area contributed by atoms with Crippen LogP contribution in [0.2, 0.25) is 0 Å². The van der Waals surface area contributed by atoms with Crippen LogP contribution in [0.5, 0.6) is 5.75 Å². The van der Waals surface area contributed by atoms with Gasteiger partial charge in [-0.05, 0) is 6.07 Å². The molecule has 0 spiro atoms. The number of rotatable bonds is 3. The van der Waals surface area contributed by atoms with Crippen molar-refractivity contribution >= 4 is 22.4 Å². The molecule has 0 aliphatic carbocycles. The van der Waals surface area contributed by atoms with Gasteiger partial charge in [0.15, 0.2) is 0 Å². The highest BCUT2D eigenvalue weighted by molar-refractivity contribution is 6.10. The molecule has 0 amide bonds. The van der Waals surface area contributed by atoms with E-state index >= 15 is 0 Å². The zero-order chi connectivity index (χ0) is 15.6. The number of nitrogens with zero attached hydrogens (tertiary/aromatic N) is 5. The molecule has 8 nitrogen and oxygen atoms in total. The number of ether oxygens (including phenoxy) is 1. The van der Waals surface area contributed by atoms with Gasteiger partial charge in [0.05, 0.1) is 18.1 Å². The van der Waals surface area contributed by atoms with E-state index in [4.69, 9.17) is 15.3 Å². The van der Waals surface area contributed by atoms with Crippen LogP contribution >= 0.6 is 0 Å². The van der Waals surface area contributed by atoms with Crippen molar-refractivity contribution in [1.29, 1.82) is 10.5 Å². The molecule has 1 N–H and O–H groups in total. The van der Waals surface area contributed by atoms with E-state index in [2.05, 4.69) is 10.5 Å². The molecule has 0 atom stereocenters. The molecule has 0 saturated heterocycles. The van der Waals surface area contributed by atoms with Gasteiger partial charge in [-0.15, -0.1) is 0 Å². The van der Waals surface area contributed by atoms with E-state index in [1.54, 1.807) is 38.4 Å². The van der Waals surface area contributed by atoms with Gasteiger partial charge in [0.2, 0.25) is 5.71 Å². The first kappa shape index (κ1) is 14.2. The van der Waals surface area contributed by atoms with Gasteiger partial charge >= 0.3 is 5.69 Å². The number of hydrogen-bond acceptors (Lipinski definition) is 6. The first-order valence-electron chi connectivity index (χ1n) is 5.90. The van der Waals surface area contributed by atoms with Crippen molar-refractivity contribution in [1.82, 2.24) is 9.13 Å². The molecule has 8 heteroatoms. The average molecular weight is 284 g/mol. The van der Waals surface area contributed by atoms with Gasteiger partial charge in [-0.2, -0.15) is 15.6 Å². The molecule has 106 valence electrons. The molecule has 0 unspecified atom stereocenters. The molecule has 0 saturated carbocycles. The van der Waals surface area contributed by atoms with E-state index in [1.165, 1.54) is 16.2 Å². The van der Waals surface area contributed by atoms with E-state index in [1.807, 2.05) is 0 Å². The molecule has 0 bridgehead atoms. The summed E-state index contributed by atoms with van der Waals surface area (Å²) in [5, 5.41) is 21.0. The molecular formula is C13H12N6O2. The highest BCUT2D eigenvalue weighted by atomic mass is 16.5. The monoisotopic (exact) mass is 284 g/mol. The number of hydrogen-bond donors (Lipinski definition) is 1. The fraction of sp³-hybridized carbons (Fsp3) is 0.231. The van der Waals surface area contributed by atoms with Crippen molar-refractivity contribution in [2.45, 2.75) is 0 Å². The summed E-state index contributed by atoms with van der Waals surface area (Å²) >= 11 is 0. The summed E-state index contributed by atoms with van der Waals surface area (Å²) in [6.45, 7) is 0. The smallest absolute Gasteiger partial charge is 0.328 e. The number of fused-ring (bicyclic) bond motifs is 1. The average Bonchev–Trinajstić information content (AvgIpc) is 2.72. The molecule has 21 heavy (non-hydrogen) atoms.